The van der Waals surface area contributed by atoms with Crippen molar-refractivity contribution < 1.29 is 28.6 Å². The van der Waals surface area contributed by atoms with Crippen molar-refractivity contribution in [2.24, 2.45) is 0 Å². The van der Waals surface area contributed by atoms with Crippen molar-refractivity contribution >= 4 is 17.9 Å². The molecule has 72 heavy (non-hydrogen) atoms. The van der Waals surface area contributed by atoms with Crippen molar-refractivity contribution in [3.8, 4) is 0 Å². The molecule has 412 valence electrons. The van der Waals surface area contributed by atoms with Crippen LogP contribution < -0.4 is 0 Å². The van der Waals surface area contributed by atoms with Gasteiger partial charge >= 0.3 is 17.9 Å². The Morgan fingerprint density at radius 1 is 0.292 bits per heavy atom. The van der Waals surface area contributed by atoms with Crippen LogP contribution in [0.4, 0.5) is 0 Å². The van der Waals surface area contributed by atoms with Gasteiger partial charge in [-0.2, -0.15) is 0 Å². The van der Waals surface area contributed by atoms with Gasteiger partial charge in [0.05, 0.1) is 0 Å². The van der Waals surface area contributed by atoms with E-state index in [9.17, 15) is 14.4 Å². The van der Waals surface area contributed by atoms with Gasteiger partial charge in [0.1, 0.15) is 13.2 Å². The summed E-state index contributed by atoms with van der Waals surface area (Å²) in [6, 6.07) is 0. The van der Waals surface area contributed by atoms with Crippen LogP contribution in [0.1, 0.15) is 284 Å². The molecule has 0 aromatic carbocycles. The predicted octanol–water partition coefficient (Wildman–Crippen LogP) is 20.5. The molecule has 0 radical (unpaired) electrons. The van der Waals surface area contributed by atoms with E-state index in [0.717, 1.165) is 122 Å². The molecule has 0 aliphatic rings. The van der Waals surface area contributed by atoms with Gasteiger partial charge < -0.3 is 14.2 Å². The first-order valence-corrected chi connectivity index (χ1v) is 30.2. The van der Waals surface area contributed by atoms with Crippen LogP contribution in [0.2, 0.25) is 0 Å². The number of esters is 3. The topological polar surface area (TPSA) is 78.9 Å². The molecule has 6 nitrogen and oxygen atoms in total. The molecule has 0 aromatic heterocycles. The van der Waals surface area contributed by atoms with Crippen LogP contribution in [0.3, 0.4) is 0 Å². The van der Waals surface area contributed by atoms with Gasteiger partial charge in [0.2, 0.25) is 0 Å². The van der Waals surface area contributed by atoms with Crippen LogP contribution in [0.5, 0.6) is 0 Å². The quantitative estimate of drug-likeness (QED) is 0.0261. The molecule has 0 aliphatic carbocycles. The normalized spacial score (nSPS) is 12.8. The highest BCUT2D eigenvalue weighted by atomic mass is 16.6. The summed E-state index contributed by atoms with van der Waals surface area (Å²) in [7, 11) is 0. The summed E-state index contributed by atoms with van der Waals surface area (Å²) in [6.07, 6.45) is 79.7. The average molecular weight is 1000 g/mol. The monoisotopic (exact) mass is 1000 g/mol. The number of rotatable bonds is 54. The smallest absolute Gasteiger partial charge is 0.306 e. The summed E-state index contributed by atoms with van der Waals surface area (Å²) < 4.78 is 16.9. The lowest BCUT2D eigenvalue weighted by Gasteiger charge is -2.18. The van der Waals surface area contributed by atoms with E-state index < -0.39 is 6.10 Å². The average Bonchev–Trinajstić information content (AvgIpc) is 3.38. The Morgan fingerprint density at radius 2 is 0.556 bits per heavy atom. The summed E-state index contributed by atoms with van der Waals surface area (Å²) in [6.45, 7) is 6.46. The minimum Gasteiger partial charge on any atom is -0.462 e. The van der Waals surface area contributed by atoms with E-state index in [-0.39, 0.29) is 37.5 Å². The minimum absolute atomic E-state index is 0.0967. The second-order valence-electron chi connectivity index (χ2n) is 19.9. The number of hydrogen-bond donors (Lipinski definition) is 0. The van der Waals surface area contributed by atoms with Gasteiger partial charge in [0.25, 0.3) is 0 Å². The molecule has 0 bridgehead atoms. The van der Waals surface area contributed by atoms with Crippen LogP contribution in [0, 0.1) is 0 Å². The largest absolute Gasteiger partial charge is 0.462 e. The Bertz CT molecular complexity index is 1430. The lowest BCUT2D eigenvalue weighted by atomic mass is 10.1. The molecular formula is C66H112O6. The molecule has 0 aliphatic heterocycles. The molecule has 0 heterocycles. The molecule has 0 rings (SSSR count). The highest BCUT2D eigenvalue weighted by Gasteiger charge is 2.19. The van der Waals surface area contributed by atoms with E-state index in [1.807, 2.05) is 0 Å². The Labute approximate surface area is 445 Å². The van der Waals surface area contributed by atoms with Crippen LogP contribution in [0.25, 0.3) is 0 Å². The number of allylic oxidation sites excluding steroid dienone is 16. The third kappa shape index (κ3) is 57.2. The zero-order valence-corrected chi connectivity index (χ0v) is 47.2. The van der Waals surface area contributed by atoms with E-state index in [0.29, 0.717) is 12.8 Å². The lowest BCUT2D eigenvalue weighted by Crippen LogP contribution is -2.30. The third-order valence-corrected chi connectivity index (χ3v) is 12.8. The predicted molar refractivity (Wildman–Crippen MR) is 311 cm³/mol. The van der Waals surface area contributed by atoms with Crippen molar-refractivity contribution in [2.45, 2.75) is 290 Å². The molecule has 0 fully saturated rings. The zero-order valence-electron chi connectivity index (χ0n) is 47.2. The van der Waals surface area contributed by atoms with Crippen LogP contribution in [-0.4, -0.2) is 37.2 Å². The van der Waals surface area contributed by atoms with Gasteiger partial charge in [-0.05, 0) is 116 Å². The highest BCUT2D eigenvalue weighted by Crippen LogP contribution is 2.15. The first-order valence-electron chi connectivity index (χ1n) is 30.2. The fourth-order valence-corrected chi connectivity index (χ4v) is 8.25. The van der Waals surface area contributed by atoms with Crippen LogP contribution in [0.15, 0.2) is 97.2 Å². The van der Waals surface area contributed by atoms with E-state index in [2.05, 4.69) is 118 Å². The summed E-state index contributed by atoms with van der Waals surface area (Å²) in [4.78, 5) is 38.2. The molecule has 0 saturated carbocycles. The highest BCUT2D eigenvalue weighted by molar-refractivity contribution is 5.71. The van der Waals surface area contributed by atoms with Crippen LogP contribution in [-0.2, 0) is 28.6 Å². The number of ether oxygens (including phenoxy) is 3. The minimum atomic E-state index is -0.803. The SMILES string of the molecule is CC/C=C\C/C=C\C/C=C\C/C=C\C/C=C\CCCCCC(=O)OC(COC(=O)CCCCCCC/C=C\C/C=C\CCCC)COC(=O)CCCCCCCCCCC/C=C\CCCCCCCCCC. The van der Waals surface area contributed by atoms with Gasteiger partial charge in [-0.25, -0.2) is 0 Å². The first kappa shape index (κ1) is 68.3. The molecule has 0 saturated heterocycles. The molecule has 1 atom stereocenters. The summed E-state index contributed by atoms with van der Waals surface area (Å²) in [5.41, 5.74) is 0. The Kier molecular flexibility index (Phi) is 56.8. The maximum Gasteiger partial charge on any atom is 0.306 e. The fourth-order valence-electron chi connectivity index (χ4n) is 8.25. The number of carbonyl (C=O) groups is 3. The Hall–Kier alpha value is -3.67. The molecular weight excluding hydrogens is 889 g/mol. The maximum atomic E-state index is 12.9. The first-order chi connectivity index (χ1) is 35.5. The molecule has 0 amide bonds. The van der Waals surface area contributed by atoms with Gasteiger partial charge in [0.15, 0.2) is 6.10 Å². The lowest BCUT2D eigenvalue weighted by molar-refractivity contribution is -0.167. The molecule has 6 heteroatoms. The van der Waals surface area contributed by atoms with Crippen molar-refractivity contribution in [1.29, 1.82) is 0 Å². The van der Waals surface area contributed by atoms with Gasteiger partial charge in [-0.15, -0.1) is 0 Å². The second-order valence-corrected chi connectivity index (χ2v) is 19.9. The van der Waals surface area contributed by atoms with Crippen LogP contribution >= 0.6 is 0 Å². The number of carbonyl (C=O) groups excluding carboxylic acids is 3. The summed E-state index contributed by atoms with van der Waals surface area (Å²) >= 11 is 0. The Morgan fingerprint density at radius 3 is 0.917 bits per heavy atom. The zero-order chi connectivity index (χ0) is 52.2. The van der Waals surface area contributed by atoms with E-state index in [1.54, 1.807) is 0 Å². The molecule has 0 spiro atoms. The van der Waals surface area contributed by atoms with Gasteiger partial charge in [-0.3, -0.25) is 14.4 Å². The third-order valence-electron chi connectivity index (χ3n) is 12.8. The van der Waals surface area contributed by atoms with Crippen molar-refractivity contribution in [2.75, 3.05) is 13.2 Å². The van der Waals surface area contributed by atoms with Gasteiger partial charge in [0, 0.05) is 19.3 Å². The number of hydrogen-bond acceptors (Lipinski definition) is 6. The van der Waals surface area contributed by atoms with Crippen molar-refractivity contribution in [3.63, 3.8) is 0 Å². The van der Waals surface area contributed by atoms with Crippen molar-refractivity contribution in [3.05, 3.63) is 97.2 Å². The molecule has 0 aromatic rings. The Balaban J connectivity index is 4.43. The maximum absolute atomic E-state index is 12.9. The van der Waals surface area contributed by atoms with Gasteiger partial charge in [-0.1, -0.05) is 246 Å². The van der Waals surface area contributed by atoms with E-state index >= 15 is 0 Å². The van der Waals surface area contributed by atoms with E-state index in [4.69, 9.17) is 14.2 Å². The van der Waals surface area contributed by atoms with Crippen molar-refractivity contribution in [1.82, 2.24) is 0 Å². The standard InChI is InChI=1S/C66H112O6/c1-4-7-10-13-16-19-22-25-28-30-32-33-35-36-38-41-44-47-50-53-56-59-65(68)71-62-63(61-70-64(67)58-55-52-49-46-43-40-27-24-21-18-15-12-9-6-3)72-66(69)60-57-54-51-48-45-42-39-37-34-31-29-26-23-20-17-14-11-8-5-2/h8,11,15,17-18,20,24,26-27,29-30,32,34,37,42,45,63H,4-7,9-10,12-14,16,19,21-23,25,28,31,33,35-36,38-41,43-44,46-62H2,1-3H3/b11-8-,18-15-,20-17-,27-24-,29-26-,32-30-,37-34-,45-42-. The fraction of sp³-hybridized carbons (Fsp3) is 0.712. The van der Waals surface area contributed by atoms with E-state index in [1.165, 1.54) is 122 Å². The summed E-state index contributed by atoms with van der Waals surface area (Å²) in [5.74, 6) is -0.940. The molecule has 0 N–H and O–H groups in total. The number of unbranched alkanes of at least 4 members (excludes halogenated alkanes) is 27. The second kappa shape index (κ2) is 59.9. The summed E-state index contributed by atoms with van der Waals surface area (Å²) in [5, 5.41) is 0. The molecule has 1 unspecified atom stereocenters.